The smallest absolute Gasteiger partial charge is 0.244 e. The van der Waals surface area contributed by atoms with E-state index in [1.807, 2.05) is 18.2 Å². The quantitative estimate of drug-likeness (QED) is 0.815. The molecule has 0 radical (unpaired) electrons. The van der Waals surface area contributed by atoms with Gasteiger partial charge in [0.15, 0.2) is 11.5 Å². The number of carbonyl (C=O) groups excluding carboxylic acids is 1. The van der Waals surface area contributed by atoms with Crippen molar-refractivity contribution in [2.45, 2.75) is 18.9 Å². The lowest BCUT2D eigenvalue weighted by Crippen LogP contribution is -2.30. The van der Waals surface area contributed by atoms with Gasteiger partial charge in [-0.1, -0.05) is 6.07 Å². The van der Waals surface area contributed by atoms with Crippen LogP contribution in [0.25, 0.3) is 6.08 Å². The molecule has 0 saturated carbocycles. The van der Waals surface area contributed by atoms with Crippen LogP contribution in [-0.2, 0) is 9.53 Å². The summed E-state index contributed by atoms with van der Waals surface area (Å²) in [6.07, 6.45) is 5.49. The van der Waals surface area contributed by atoms with Crippen LogP contribution < -0.4 is 14.8 Å². The molecule has 0 aliphatic carbocycles. The fraction of sp³-hybridized carbons (Fsp3) is 0.438. The summed E-state index contributed by atoms with van der Waals surface area (Å²) in [5, 5.41) is 2.84. The molecule has 1 atom stereocenters. The Labute approximate surface area is 124 Å². The number of nitrogens with one attached hydrogen (secondary N) is 1. The van der Waals surface area contributed by atoms with Crippen LogP contribution in [0.5, 0.6) is 11.5 Å². The van der Waals surface area contributed by atoms with Gasteiger partial charge in [0, 0.05) is 19.2 Å². The van der Waals surface area contributed by atoms with Gasteiger partial charge >= 0.3 is 0 Å². The number of carbonyl (C=O) groups is 1. The van der Waals surface area contributed by atoms with Crippen molar-refractivity contribution >= 4 is 12.0 Å². The van der Waals surface area contributed by atoms with Gasteiger partial charge < -0.3 is 19.5 Å². The van der Waals surface area contributed by atoms with Gasteiger partial charge in [0.05, 0.1) is 20.3 Å². The molecule has 2 rings (SSSR count). The number of rotatable bonds is 6. The normalized spacial score (nSPS) is 17.9. The molecular weight excluding hydrogens is 270 g/mol. The van der Waals surface area contributed by atoms with Crippen molar-refractivity contribution in [1.29, 1.82) is 0 Å². The maximum atomic E-state index is 11.7. The Morgan fingerprint density at radius 3 is 2.86 bits per heavy atom. The summed E-state index contributed by atoms with van der Waals surface area (Å²) in [4.78, 5) is 11.7. The van der Waals surface area contributed by atoms with Gasteiger partial charge in [0.2, 0.25) is 5.91 Å². The minimum absolute atomic E-state index is 0.125. The number of ether oxygens (including phenoxy) is 3. The molecule has 5 nitrogen and oxygen atoms in total. The predicted octanol–water partition coefficient (Wildman–Crippen LogP) is 2.01. The van der Waals surface area contributed by atoms with Crippen LogP contribution >= 0.6 is 0 Å². The lowest BCUT2D eigenvalue weighted by molar-refractivity contribution is -0.116. The van der Waals surface area contributed by atoms with E-state index in [1.165, 1.54) is 6.08 Å². The maximum absolute atomic E-state index is 11.7. The van der Waals surface area contributed by atoms with Crippen LogP contribution in [-0.4, -0.2) is 39.4 Å². The molecule has 1 aromatic rings. The summed E-state index contributed by atoms with van der Waals surface area (Å²) in [6.45, 7) is 1.36. The predicted molar refractivity (Wildman–Crippen MR) is 80.6 cm³/mol. The molecule has 1 aromatic carbocycles. The zero-order valence-electron chi connectivity index (χ0n) is 12.4. The number of methoxy groups -OCH3 is 2. The summed E-state index contributed by atoms with van der Waals surface area (Å²) in [7, 11) is 3.17. The highest BCUT2D eigenvalue weighted by molar-refractivity contribution is 5.91. The molecule has 1 amide bonds. The van der Waals surface area contributed by atoms with Crippen LogP contribution in [0.15, 0.2) is 24.3 Å². The van der Waals surface area contributed by atoms with Gasteiger partial charge in [-0.25, -0.2) is 0 Å². The Morgan fingerprint density at radius 1 is 1.38 bits per heavy atom. The fourth-order valence-corrected chi connectivity index (χ4v) is 2.21. The summed E-state index contributed by atoms with van der Waals surface area (Å²) in [5.41, 5.74) is 0.875. The molecule has 1 N–H and O–H groups in total. The van der Waals surface area contributed by atoms with E-state index in [4.69, 9.17) is 14.2 Å². The summed E-state index contributed by atoms with van der Waals surface area (Å²) in [6, 6.07) is 5.50. The first kappa shape index (κ1) is 15.4. The molecule has 0 unspecified atom stereocenters. The molecule has 5 heteroatoms. The Balaban J connectivity index is 1.88. The van der Waals surface area contributed by atoms with Crippen LogP contribution in [0, 0.1) is 0 Å². The number of benzene rings is 1. The largest absolute Gasteiger partial charge is 0.493 e. The molecule has 114 valence electrons. The second-order valence-electron chi connectivity index (χ2n) is 4.83. The van der Waals surface area contributed by atoms with Crippen LogP contribution in [0.3, 0.4) is 0 Å². The zero-order valence-corrected chi connectivity index (χ0v) is 12.4. The molecular formula is C16H21NO4. The van der Waals surface area contributed by atoms with Crippen molar-refractivity contribution in [2.75, 3.05) is 27.4 Å². The second kappa shape index (κ2) is 7.69. The van der Waals surface area contributed by atoms with Gasteiger partial charge in [0.1, 0.15) is 0 Å². The Bertz CT molecular complexity index is 507. The van der Waals surface area contributed by atoms with Crippen molar-refractivity contribution in [2.24, 2.45) is 0 Å². The third-order valence-corrected chi connectivity index (χ3v) is 3.36. The van der Waals surface area contributed by atoms with E-state index in [2.05, 4.69) is 5.32 Å². The van der Waals surface area contributed by atoms with E-state index in [0.29, 0.717) is 18.0 Å². The topological polar surface area (TPSA) is 56.8 Å². The van der Waals surface area contributed by atoms with Gasteiger partial charge in [-0.15, -0.1) is 0 Å². The first-order chi connectivity index (χ1) is 10.2. The van der Waals surface area contributed by atoms with Crippen molar-refractivity contribution in [3.05, 3.63) is 29.8 Å². The number of hydrogen-bond donors (Lipinski definition) is 1. The fourth-order valence-electron chi connectivity index (χ4n) is 2.21. The first-order valence-electron chi connectivity index (χ1n) is 7.02. The molecule has 0 aromatic heterocycles. The third-order valence-electron chi connectivity index (χ3n) is 3.36. The molecule has 1 heterocycles. The highest BCUT2D eigenvalue weighted by Gasteiger charge is 2.15. The minimum atomic E-state index is -0.125. The second-order valence-corrected chi connectivity index (χ2v) is 4.83. The van der Waals surface area contributed by atoms with Gasteiger partial charge in [0.25, 0.3) is 0 Å². The Hall–Kier alpha value is -2.01. The van der Waals surface area contributed by atoms with E-state index in [1.54, 1.807) is 20.3 Å². The van der Waals surface area contributed by atoms with Crippen molar-refractivity contribution in [1.82, 2.24) is 5.32 Å². The standard InChI is InChI=1S/C16H21NO4/c1-19-14-7-5-12(10-15(14)20-2)6-8-16(18)17-11-13-4-3-9-21-13/h5-8,10,13H,3-4,9,11H2,1-2H3,(H,17,18)/b8-6+/t13-/m1/s1. The summed E-state index contributed by atoms with van der Waals surface area (Å²) >= 11 is 0. The molecule has 1 aliphatic heterocycles. The lowest BCUT2D eigenvalue weighted by Gasteiger charge is -2.09. The van der Waals surface area contributed by atoms with Crippen molar-refractivity contribution in [3.8, 4) is 11.5 Å². The average Bonchev–Trinajstić information content (AvgIpc) is 3.04. The van der Waals surface area contributed by atoms with E-state index in [0.717, 1.165) is 25.0 Å². The van der Waals surface area contributed by atoms with Gasteiger partial charge in [-0.3, -0.25) is 4.79 Å². The van der Waals surface area contributed by atoms with Crippen LogP contribution in [0.1, 0.15) is 18.4 Å². The zero-order chi connectivity index (χ0) is 15.1. The van der Waals surface area contributed by atoms with Crippen molar-refractivity contribution in [3.63, 3.8) is 0 Å². The first-order valence-corrected chi connectivity index (χ1v) is 7.02. The van der Waals surface area contributed by atoms with Crippen molar-refractivity contribution < 1.29 is 19.0 Å². The van der Waals surface area contributed by atoms with E-state index in [9.17, 15) is 4.79 Å². The summed E-state index contributed by atoms with van der Waals surface area (Å²) < 4.78 is 15.8. The highest BCUT2D eigenvalue weighted by Crippen LogP contribution is 2.27. The molecule has 1 aliphatic rings. The summed E-state index contributed by atoms with van der Waals surface area (Å²) in [5.74, 6) is 1.18. The Kier molecular flexibility index (Phi) is 5.63. The van der Waals surface area contributed by atoms with E-state index < -0.39 is 0 Å². The monoisotopic (exact) mass is 291 g/mol. The van der Waals surface area contributed by atoms with Crippen LogP contribution in [0.2, 0.25) is 0 Å². The Morgan fingerprint density at radius 2 is 2.19 bits per heavy atom. The van der Waals surface area contributed by atoms with Crippen LogP contribution in [0.4, 0.5) is 0 Å². The molecule has 1 saturated heterocycles. The SMILES string of the molecule is COc1ccc(/C=C/C(=O)NC[C@H]2CCCO2)cc1OC. The highest BCUT2D eigenvalue weighted by atomic mass is 16.5. The lowest BCUT2D eigenvalue weighted by atomic mass is 10.2. The van der Waals surface area contributed by atoms with E-state index in [-0.39, 0.29) is 12.0 Å². The maximum Gasteiger partial charge on any atom is 0.244 e. The molecule has 21 heavy (non-hydrogen) atoms. The molecule has 0 spiro atoms. The molecule has 1 fully saturated rings. The number of amides is 1. The van der Waals surface area contributed by atoms with Gasteiger partial charge in [-0.2, -0.15) is 0 Å². The molecule has 0 bridgehead atoms. The minimum Gasteiger partial charge on any atom is -0.493 e. The van der Waals surface area contributed by atoms with E-state index >= 15 is 0 Å². The third kappa shape index (κ3) is 4.49. The average molecular weight is 291 g/mol. The van der Waals surface area contributed by atoms with Gasteiger partial charge in [-0.05, 0) is 36.6 Å². The number of hydrogen-bond acceptors (Lipinski definition) is 4.